The zero-order valence-corrected chi connectivity index (χ0v) is 20.1. The molecule has 0 bridgehead atoms. The van der Waals surface area contributed by atoms with Crippen molar-refractivity contribution in [1.82, 2.24) is 14.8 Å². The predicted molar refractivity (Wildman–Crippen MR) is 133 cm³/mol. The van der Waals surface area contributed by atoms with Gasteiger partial charge in [-0.25, -0.2) is 0 Å². The van der Waals surface area contributed by atoms with E-state index in [0.717, 1.165) is 23.4 Å². The number of nitrogens with zero attached hydrogens (tertiary/aromatic N) is 3. The van der Waals surface area contributed by atoms with E-state index in [9.17, 15) is 4.79 Å². The monoisotopic (exact) mass is 480 g/mol. The SMILES string of the molecule is CC[C@H](C)c1ccc(NC(=O)CSc2nnc(-c3cccc(Cl)c3)n2Cc2ccco2)cc1. The van der Waals surface area contributed by atoms with Gasteiger partial charge < -0.3 is 9.73 Å². The van der Waals surface area contributed by atoms with E-state index in [-0.39, 0.29) is 11.7 Å². The van der Waals surface area contributed by atoms with E-state index in [1.54, 1.807) is 6.26 Å². The zero-order valence-electron chi connectivity index (χ0n) is 18.5. The lowest BCUT2D eigenvalue weighted by Crippen LogP contribution is -2.15. The Morgan fingerprint density at radius 2 is 1.97 bits per heavy atom. The van der Waals surface area contributed by atoms with E-state index in [2.05, 4.69) is 41.5 Å². The van der Waals surface area contributed by atoms with Crippen LogP contribution in [0, 0.1) is 0 Å². The number of carbonyl (C=O) groups is 1. The van der Waals surface area contributed by atoms with Crippen LogP contribution in [0.3, 0.4) is 0 Å². The fourth-order valence-electron chi connectivity index (χ4n) is 3.40. The second-order valence-electron chi connectivity index (χ2n) is 7.75. The standard InChI is InChI=1S/C25H25ClN4O2S/c1-3-17(2)18-9-11-21(12-10-18)27-23(31)16-33-25-29-28-24(19-6-4-7-20(26)14-19)30(25)15-22-8-5-13-32-22/h4-14,17H,3,15-16H2,1-2H3,(H,27,31)/t17-/m0/s1. The van der Waals surface area contributed by atoms with Crippen LogP contribution in [0.15, 0.2) is 76.5 Å². The number of nitrogens with one attached hydrogen (secondary N) is 1. The van der Waals surface area contributed by atoms with Crippen LogP contribution in [0.25, 0.3) is 11.4 Å². The highest BCUT2D eigenvalue weighted by Gasteiger charge is 2.17. The van der Waals surface area contributed by atoms with Crippen LogP contribution >= 0.6 is 23.4 Å². The second kappa shape index (κ2) is 10.7. The number of furan rings is 1. The maximum absolute atomic E-state index is 12.6. The van der Waals surface area contributed by atoms with Crippen molar-refractivity contribution in [2.45, 2.75) is 37.9 Å². The van der Waals surface area contributed by atoms with E-state index < -0.39 is 0 Å². The molecule has 33 heavy (non-hydrogen) atoms. The fraction of sp³-hybridized carbons (Fsp3) is 0.240. The Balaban J connectivity index is 1.47. The highest BCUT2D eigenvalue weighted by Crippen LogP contribution is 2.27. The summed E-state index contributed by atoms with van der Waals surface area (Å²) in [5, 5.41) is 12.9. The summed E-state index contributed by atoms with van der Waals surface area (Å²) in [4.78, 5) is 12.6. The van der Waals surface area contributed by atoms with Crippen LogP contribution in [-0.4, -0.2) is 26.4 Å². The summed E-state index contributed by atoms with van der Waals surface area (Å²) in [6.07, 6.45) is 2.71. The zero-order chi connectivity index (χ0) is 23.2. The Labute approximate surface area is 202 Å². The van der Waals surface area contributed by atoms with Crippen LogP contribution in [0.2, 0.25) is 5.02 Å². The maximum atomic E-state index is 12.6. The van der Waals surface area contributed by atoms with E-state index in [0.29, 0.717) is 28.5 Å². The summed E-state index contributed by atoms with van der Waals surface area (Å²) in [5.74, 6) is 2.04. The Hall–Kier alpha value is -3.03. The van der Waals surface area contributed by atoms with Gasteiger partial charge in [-0.2, -0.15) is 0 Å². The summed E-state index contributed by atoms with van der Waals surface area (Å²) < 4.78 is 7.46. The van der Waals surface area contributed by atoms with Gasteiger partial charge >= 0.3 is 0 Å². The molecule has 2 aromatic heterocycles. The molecule has 0 unspecified atom stereocenters. The number of thioether (sulfide) groups is 1. The van der Waals surface area contributed by atoms with Crippen LogP contribution in [-0.2, 0) is 11.3 Å². The molecule has 0 saturated carbocycles. The van der Waals surface area contributed by atoms with Gasteiger partial charge in [0, 0.05) is 16.3 Å². The molecule has 4 rings (SSSR count). The quantitative estimate of drug-likeness (QED) is 0.277. The molecule has 0 aliphatic heterocycles. The number of hydrogen-bond acceptors (Lipinski definition) is 5. The molecule has 8 heteroatoms. The van der Waals surface area contributed by atoms with E-state index >= 15 is 0 Å². The van der Waals surface area contributed by atoms with Crippen molar-refractivity contribution in [1.29, 1.82) is 0 Å². The van der Waals surface area contributed by atoms with Gasteiger partial charge in [0.15, 0.2) is 11.0 Å². The van der Waals surface area contributed by atoms with Crippen molar-refractivity contribution in [3.05, 3.63) is 83.3 Å². The van der Waals surface area contributed by atoms with Gasteiger partial charge in [0.1, 0.15) is 5.76 Å². The summed E-state index contributed by atoms with van der Waals surface area (Å²) >= 11 is 7.51. The van der Waals surface area contributed by atoms with Gasteiger partial charge in [0.25, 0.3) is 0 Å². The Kier molecular flexibility index (Phi) is 7.52. The average Bonchev–Trinajstić information content (AvgIpc) is 3.48. The van der Waals surface area contributed by atoms with Gasteiger partial charge in [-0.05, 0) is 54.3 Å². The number of carbonyl (C=O) groups excluding carboxylic acids is 1. The Bertz CT molecular complexity index is 1210. The molecule has 2 aromatic carbocycles. The van der Waals surface area contributed by atoms with Crippen molar-refractivity contribution >= 4 is 35.0 Å². The van der Waals surface area contributed by atoms with E-state index in [1.807, 2.05) is 53.1 Å². The van der Waals surface area contributed by atoms with Crippen LogP contribution in [0.4, 0.5) is 5.69 Å². The minimum atomic E-state index is -0.104. The smallest absolute Gasteiger partial charge is 0.234 e. The molecular weight excluding hydrogens is 456 g/mol. The number of halogens is 1. The van der Waals surface area contributed by atoms with Gasteiger partial charge in [-0.1, -0.05) is 61.5 Å². The lowest BCUT2D eigenvalue weighted by atomic mass is 9.99. The molecule has 170 valence electrons. The van der Waals surface area contributed by atoms with Crippen LogP contribution in [0.1, 0.15) is 37.5 Å². The minimum Gasteiger partial charge on any atom is -0.467 e. The highest BCUT2D eigenvalue weighted by molar-refractivity contribution is 7.99. The van der Waals surface area contributed by atoms with Crippen molar-refractivity contribution in [3.8, 4) is 11.4 Å². The van der Waals surface area contributed by atoms with E-state index in [1.165, 1.54) is 17.3 Å². The molecule has 2 heterocycles. The lowest BCUT2D eigenvalue weighted by Gasteiger charge is -2.11. The van der Waals surface area contributed by atoms with E-state index in [4.69, 9.17) is 16.0 Å². The Morgan fingerprint density at radius 3 is 2.67 bits per heavy atom. The third-order valence-corrected chi connectivity index (χ3v) is 6.60. The van der Waals surface area contributed by atoms with Crippen molar-refractivity contribution in [2.24, 2.45) is 0 Å². The molecule has 1 atom stereocenters. The lowest BCUT2D eigenvalue weighted by molar-refractivity contribution is -0.113. The minimum absolute atomic E-state index is 0.104. The molecule has 0 aliphatic carbocycles. The maximum Gasteiger partial charge on any atom is 0.234 e. The molecular formula is C25H25ClN4O2S. The summed E-state index contributed by atoms with van der Waals surface area (Å²) in [6.45, 7) is 4.81. The molecule has 0 spiro atoms. The summed E-state index contributed by atoms with van der Waals surface area (Å²) in [6, 6.07) is 19.2. The molecule has 4 aromatic rings. The largest absolute Gasteiger partial charge is 0.467 e. The van der Waals surface area contributed by atoms with Crippen LogP contribution < -0.4 is 5.32 Å². The molecule has 0 radical (unpaired) electrons. The molecule has 0 fully saturated rings. The first-order valence-corrected chi connectivity index (χ1v) is 12.1. The summed E-state index contributed by atoms with van der Waals surface area (Å²) in [7, 11) is 0. The molecule has 0 aliphatic rings. The van der Waals surface area contributed by atoms with Crippen LogP contribution in [0.5, 0.6) is 0 Å². The highest BCUT2D eigenvalue weighted by atomic mass is 35.5. The fourth-order valence-corrected chi connectivity index (χ4v) is 4.32. The first-order chi connectivity index (χ1) is 16.0. The number of rotatable bonds is 9. The Morgan fingerprint density at radius 1 is 1.15 bits per heavy atom. The molecule has 0 saturated heterocycles. The molecule has 1 amide bonds. The van der Waals surface area contributed by atoms with Crippen molar-refractivity contribution in [2.75, 3.05) is 11.1 Å². The van der Waals surface area contributed by atoms with Crippen molar-refractivity contribution < 1.29 is 9.21 Å². The number of hydrogen-bond donors (Lipinski definition) is 1. The second-order valence-corrected chi connectivity index (χ2v) is 9.13. The summed E-state index contributed by atoms with van der Waals surface area (Å²) in [5.41, 5.74) is 2.90. The van der Waals surface area contributed by atoms with Gasteiger partial charge in [0.05, 0.1) is 18.6 Å². The first kappa shape index (κ1) is 23.1. The number of aromatic nitrogens is 3. The third kappa shape index (κ3) is 5.86. The average molecular weight is 481 g/mol. The third-order valence-electron chi connectivity index (χ3n) is 5.40. The number of benzene rings is 2. The number of anilines is 1. The normalized spacial score (nSPS) is 12.0. The molecule has 6 nitrogen and oxygen atoms in total. The topological polar surface area (TPSA) is 73.0 Å². The van der Waals surface area contributed by atoms with Gasteiger partial charge in [0.2, 0.25) is 5.91 Å². The first-order valence-electron chi connectivity index (χ1n) is 10.8. The van der Waals surface area contributed by atoms with Gasteiger partial charge in [-0.3, -0.25) is 9.36 Å². The number of amides is 1. The predicted octanol–water partition coefficient (Wildman–Crippen LogP) is 6.48. The van der Waals surface area contributed by atoms with Crippen molar-refractivity contribution in [3.63, 3.8) is 0 Å². The molecule has 1 N–H and O–H groups in total. The van der Waals surface area contributed by atoms with Gasteiger partial charge in [-0.15, -0.1) is 10.2 Å².